The number of rotatable bonds is 1. The van der Waals surface area contributed by atoms with Gasteiger partial charge in [0.2, 0.25) is 0 Å². The third-order valence-corrected chi connectivity index (χ3v) is 4.79. The van der Waals surface area contributed by atoms with Crippen molar-refractivity contribution < 1.29 is 4.79 Å². The van der Waals surface area contributed by atoms with E-state index in [2.05, 4.69) is 20.9 Å². The Morgan fingerprint density at radius 3 is 3.11 bits per heavy atom. The summed E-state index contributed by atoms with van der Waals surface area (Å²) in [5.41, 5.74) is 2.22. The first kappa shape index (κ1) is 11.9. The molecule has 0 aliphatic carbocycles. The van der Waals surface area contributed by atoms with Crippen LogP contribution in [-0.2, 0) is 20.0 Å². The number of hydrogen-bond donors (Lipinski definition) is 0. The Balaban J connectivity index is 1.87. The van der Waals surface area contributed by atoms with Crippen LogP contribution >= 0.6 is 27.3 Å². The summed E-state index contributed by atoms with van der Waals surface area (Å²) in [6.45, 7) is 1.38. The highest BCUT2D eigenvalue weighted by Gasteiger charge is 2.26. The maximum Gasteiger partial charge on any atom is 0.264 e. The minimum absolute atomic E-state index is 0.118. The van der Waals surface area contributed by atoms with E-state index in [0.717, 1.165) is 34.0 Å². The molecule has 0 N–H and O–H groups in total. The van der Waals surface area contributed by atoms with Gasteiger partial charge in [0.25, 0.3) is 5.91 Å². The minimum Gasteiger partial charge on any atom is -0.332 e. The van der Waals surface area contributed by atoms with Gasteiger partial charge in [-0.3, -0.25) is 4.79 Å². The fourth-order valence-electron chi connectivity index (χ4n) is 2.18. The van der Waals surface area contributed by atoms with Crippen molar-refractivity contribution in [2.45, 2.75) is 13.0 Å². The van der Waals surface area contributed by atoms with E-state index >= 15 is 0 Å². The number of halogens is 1. The smallest absolute Gasteiger partial charge is 0.264 e. The van der Waals surface area contributed by atoms with Crippen LogP contribution in [0.15, 0.2) is 22.2 Å². The SMILES string of the molecule is Cn1c(Br)nc2c1CN(C(=O)c1cccs1)CC2. The van der Waals surface area contributed by atoms with Gasteiger partial charge in [0.1, 0.15) is 0 Å². The molecule has 0 saturated carbocycles. The molecule has 4 nitrogen and oxygen atoms in total. The maximum atomic E-state index is 12.3. The van der Waals surface area contributed by atoms with Crippen LogP contribution in [0.5, 0.6) is 0 Å². The Labute approximate surface area is 117 Å². The van der Waals surface area contributed by atoms with E-state index in [4.69, 9.17) is 0 Å². The van der Waals surface area contributed by atoms with Crippen LogP contribution in [0.1, 0.15) is 21.1 Å². The highest BCUT2D eigenvalue weighted by Crippen LogP contribution is 2.24. The number of fused-ring (bicyclic) bond motifs is 1. The van der Waals surface area contributed by atoms with Gasteiger partial charge in [0, 0.05) is 20.0 Å². The summed E-state index contributed by atoms with van der Waals surface area (Å²) < 4.78 is 2.83. The van der Waals surface area contributed by atoms with Crippen LogP contribution in [0.25, 0.3) is 0 Å². The molecule has 1 aliphatic heterocycles. The second-order valence-corrected chi connectivity index (χ2v) is 5.94. The molecule has 0 saturated heterocycles. The third-order valence-electron chi connectivity index (χ3n) is 3.22. The molecule has 3 rings (SSSR count). The van der Waals surface area contributed by atoms with Gasteiger partial charge in [0.15, 0.2) is 4.73 Å². The van der Waals surface area contributed by atoms with E-state index in [9.17, 15) is 4.79 Å². The summed E-state index contributed by atoms with van der Waals surface area (Å²) in [6.07, 6.45) is 0.825. The average Bonchev–Trinajstić information content (AvgIpc) is 2.99. The van der Waals surface area contributed by atoms with Gasteiger partial charge in [-0.2, -0.15) is 0 Å². The van der Waals surface area contributed by atoms with Crippen molar-refractivity contribution in [1.82, 2.24) is 14.5 Å². The lowest BCUT2D eigenvalue weighted by molar-refractivity contribution is 0.0735. The second-order valence-electron chi connectivity index (χ2n) is 4.29. The largest absolute Gasteiger partial charge is 0.332 e. The van der Waals surface area contributed by atoms with Gasteiger partial charge in [-0.1, -0.05) is 6.07 Å². The predicted molar refractivity (Wildman–Crippen MR) is 73.7 cm³/mol. The molecule has 1 aliphatic rings. The molecular formula is C12H12BrN3OS. The molecule has 0 unspecified atom stereocenters. The van der Waals surface area contributed by atoms with Crippen LogP contribution in [-0.4, -0.2) is 26.9 Å². The molecule has 2 aromatic rings. The number of amides is 1. The zero-order chi connectivity index (χ0) is 12.7. The highest BCUT2D eigenvalue weighted by atomic mass is 79.9. The molecule has 0 bridgehead atoms. The zero-order valence-corrected chi connectivity index (χ0v) is 12.3. The van der Waals surface area contributed by atoms with E-state index in [1.54, 1.807) is 0 Å². The van der Waals surface area contributed by atoms with Crippen molar-refractivity contribution in [3.05, 3.63) is 38.5 Å². The number of aromatic nitrogens is 2. The van der Waals surface area contributed by atoms with Crippen LogP contribution in [0, 0.1) is 0 Å². The van der Waals surface area contributed by atoms with E-state index in [-0.39, 0.29) is 5.91 Å². The third kappa shape index (κ3) is 1.89. The maximum absolute atomic E-state index is 12.3. The number of carbonyl (C=O) groups is 1. The summed E-state index contributed by atoms with van der Waals surface area (Å²) >= 11 is 4.91. The lowest BCUT2D eigenvalue weighted by Gasteiger charge is -2.26. The Morgan fingerprint density at radius 1 is 1.56 bits per heavy atom. The molecular weight excluding hydrogens is 314 g/mol. The fraction of sp³-hybridized carbons (Fsp3) is 0.333. The molecule has 3 heterocycles. The van der Waals surface area contributed by atoms with Crippen LogP contribution < -0.4 is 0 Å². The molecule has 18 heavy (non-hydrogen) atoms. The van der Waals surface area contributed by atoms with Gasteiger partial charge in [-0.05, 0) is 27.4 Å². The summed E-state index contributed by atoms with van der Waals surface area (Å²) in [4.78, 5) is 19.4. The zero-order valence-electron chi connectivity index (χ0n) is 9.89. The summed E-state index contributed by atoms with van der Waals surface area (Å²) in [6, 6.07) is 3.79. The van der Waals surface area contributed by atoms with Crippen molar-refractivity contribution in [2.24, 2.45) is 7.05 Å². The Bertz CT molecular complexity index is 591. The lowest BCUT2D eigenvalue weighted by atomic mass is 10.1. The van der Waals surface area contributed by atoms with Gasteiger partial charge in [0.05, 0.1) is 22.8 Å². The normalized spacial score (nSPS) is 14.7. The van der Waals surface area contributed by atoms with E-state index in [1.807, 2.05) is 34.0 Å². The molecule has 6 heteroatoms. The number of nitrogens with zero attached hydrogens (tertiary/aromatic N) is 3. The molecule has 0 radical (unpaired) electrons. The number of carbonyl (C=O) groups excluding carboxylic acids is 1. The summed E-state index contributed by atoms with van der Waals surface area (Å²) in [5.74, 6) is 0.118. The van der Waals surface area contributed by atoms with Gasteiger partial charge < -0.3 is 9.47 Å². The van der Waals surface area contributed by atoms with E-state index < -0.39 is 0 Å². The van der Waals surface area contributed by atoms with Crippen molar-refractivity contribution in [3.8, 4) is 0 Å². The average molecular weight is 326 g/mol. The molecule has 0 atom stereocenters. The molecule has 2 aromatic heterocycles. The Morgan fingerprint density at radius 2 is 2.39 bits per heavy atom. The summed E-state index contributed by atoms with van der Waals surface area (Å²) in [7, 11) is 1.97. The molecule has 0 spiro atoms. The predicted octanol–water partition coefficient (Wildman–Crippen LogP) is 2.44. The van der Waals surface area contributed by atoms with Gasteiger partial charge in [-0.25, -0.2) is 4.98 Å². The van der Waals surface area contributed by atoms with E-state index in [0.29, 0.717) is 6.54 Å². The van der Waals surface area contributed by atoms with Crippen molar-refractivity contribution in [1.29, 1.82) is 0 Å². The fourth-order valence-corrected chi connectivity index (χ4v) is 3.30. The quantitative estimate of drug-likeness (QED) is 0.807. The lowest BCUT2D eigenvalue weighted by Crippen LogP contribution is -2.36. The molecule has 0 aromatic carbocycles. The van der Waals surface area contributed by atoms with Crippen molar-refractivity contribution in [3.63, 3.8) is 0 Å². The number of hydrogen-bond acceptors (Lipinski definition) is 3. The van der Waals surface area contributed by atoms with Crippen molar-refractivity contribution in [2.75, 3.05) is 6.54 Å². The first-order valence-electron chi connectivity index (χ1n) is 5.69. The molecule has 1 amide bonds. The summed E-state index contributed by atoms with van der Waals surface area (Å²) in [5, 5.41) is 1.93. The standard InChI is InChI=1S/C12H12BrN3OS/c1-15-9-7-16(5-4-8(9)14-12(15)13)11(17)10-3-2-6-18-10/h2-3,6H,4-5,7H2,1H3. The Kier molecular flexibility index (Phi) is 2.99. The molecule has 94 valence electrons. The minimum atomic E-state index is 0.118. The monoisotopic (exact) mass is 325 g/mol. The first-order valence-corrected chi connectivity index (χ1v) is 7.37. The Hall–Kier alpha value is -1.14. The van der Waals surface area contributed by atoms with Gasteiger partial charge in [-0.15, -0.1) is 11.3 Å². The topological polar surface area (TPSA) is 38.1 Å². The first-order chi connectivity index (χ1) is 8.66. The van der Waals surface area contributed by atoms with Crippen LogP contribution in [0.4, 0.5) is 0 Å². The van der Waals surface area contributed by atoms with E-state index in [1.165, 1.54) is 11.3 Å². The van der Waals surface area contributed by atoms with Crippen LogP contribution in [0.3, 0.4) is 0 Å². The number of imidazole rings is 1. The number of thiophene rings is 1. The molecule has 0 fully saturated rings. The highest BCUT2D eigenvalue weighted by molar-refractivity contribution is 9.10. The van der Waals surface area contributed by atoms with Gasteiger partial charge >= 0.3 is 0 Å². The van der Waals surface area contributed by atoms with Crippen molar-refractivity contribution >= 4 is 33.2 Å². The van der Waals surface area contributed by atoms with Crippen LogP contribution in [0.2, 0.25) is 0 Å². The second kappa shape index (κ2) is 4.51.